The van der Waals surface area contributed by atoms with E-state index in [-0.39, 0.29) is 5.91 Å². The maximum Gasteiger partial charge on any atom is 0.254 e. The van der Waals surface area contributed by atoms with Gasteiger partial charge in [0.25, 0.3) is 5.91 Å². The first-order chi connectivity index (χ1) is 18.6. The first-order valence-electron chi connectivity index (χ1n) is 13.6. The first-order valence-corrected chi connectivity index (χ1v) is 13.6. The number of amides is 1. The number of likely N-dealkylation sites (tertiary alicyclic amines) is 1. The zero-order chi connectivity index (χ0) is 26.1. The second kappa shape index (κ2) is 10.6. The summed E-state index contributed by atoms with van der Waals surface area (Å²) in [6.07, 6.45) is 4.02. The lowest BCUT2D eigenvalue weighted by Gasteiger charge is -2.27. The molecule has 0 aliphatic carbocycles. The maximum absolute atomic E-state index is 12.9. The Hall–Kier alpha value is -3.61. The highest BCUT2D eigenvalue weighted by Crippen LogP contribution is 2.31. The van der Waals surface area contributed by atoms with Crippen molar-refractivity contribution in [3.63, 3.8) is 0 Å². The van der Waals surface area contributed by atoms with Crippen LogP contribution in [0.3, 0.4) is 0 Å². The smallest absolute Gasteiger partial charge is 0.254 e. The Morgan fingerprint density at radius 2 is 1.66 bits per heavy atom. The lowest BCUT2D eigenvalue weighted by Crippen LogP contribution is -2.35. The zero-order valence-corrected chi connectivity index (χ0v) is 22.2. The minimum atomic E-state index is 0.130. The largest absolute Gasteiger partial charge is 0.379 e. The molecule has 6 heteroatoms. The molecule has 0 spiro atoms. The third-order valence-corrected chi connectivity index (χ3v) is 7.87. The molecular weight excluding hydrogens is 472 g/mol. The molecule has 0 N–H and O–H groups in total. The van der Waals surface area contributed by atoms with E-state index >= 15 is 0 Å². The van der Waals surface area contributed by atoms with Gasteiger partial charge < -0.3 is 9.64 Å². The molecule has 3 aromatic carbocycles. The lowest BCUT2D eigenvalue weighted by atomic mass is 9.98. The lowest BCUT2D eigenvalue weighted by molar-refractivity contribution is 0.0341. The third kappa shape index (κ3) is 4.94. The maximum atomic E-state index is 12.9. The second-order valence-electron chi connectivity index (χ2n) is 10.5. The van der Waals surface area contributed by atoms with E-state index < -0.39 is 0 Å². The zero-order valence-electron chi connectivity index (χ0n) is 22.2. The van der Waals surface area contributed by atoms with Crippen LogP contribution in [0.25, 0.3) is 33.4 Å². The summed E-state index contributed by atoms with van der Waals surface area (Å²) in [4.78, 5) is 27.2. The summed E-state index contributed by atoms with van der Waals surface area (Å²) in [5, 5.41) is 0. The van der Waals surface area contributed by atoms with Crippen molar-refractivity contribution in [1.29, 1.82) is 0 Å². The number of morpholine rings is 1. The molecule has 6 rings (SSSR count). The number of aryl methyl sites for hydroxylation is 2. The Morgan fingerprint density at radius 3 is 2.42 bits per heavy atom. The van der Waals surface area contributed by atoms with Crippen molar-refractivity contribution in [2.45, 2.75) is 33.2 Å². The van der Waals surface area contributed by atoms with Gasteiger partial charge in [-0.2, -0.15) is 0 Å². The van der Waals surface area contributed by atoms with E-state index in [1.165, 1.54) is 11.1 Å². The monoisotopic (exact) mass is 506 g/mol. The summed E-state index contributed by atoms with van der Waals surface area (Å²) in [7, 11) is 0. The van der Waals surface area contributed by atoms with Gasteiger partial charge >= 0.3 is 0 Å². The molecule has 2 aliphatic rings. The van der Waals surface area contributed by atoms with E-state index in [2.05, 4.69) is 42.2 Å². The molecule has 0 saturated carbocycles. The average Bonchev–Trinajstić information content (AvgIpc) is 3.49. The average molecular weight is 507 g/mol. The number of ether oxygens (including phenoxy) is 1. The van der Waals surface area contributed by atoms with E-state index in [1.54, 1.807) is 0 Å². The molecule has 38 heavy (non-hydrogen) atoms. The first kappa shape index (κ1) is 24.7. The minimum absolute atomic E-state index is 0.130. The number of aromatic nitrogens is 2. The number of carbonyl (C=O) groups is 1. The fourth-order valence-electron chi connectivity index (χ4n) is 5.60. The van der Waals surface area contributed by atoms with Gasteiger partial charge in [-0.25, -0.2) is 4.98 Å². The summed E-state index contributed by atoms with van der Waals surface area (Å²) >= 11 is 0. The number of hydrogen-bond acceptors (Lipinski definition) is 5. The Bertz CT molecular complexity index is 1490. The van der Waals surface area contributed by atoms with Crippen molar-refractivity contribution < 1.29 is 9.53 Å². The quantitative estimate of drug-likeness (QED) is 0.350. The fraction of sp³-hybridized carbons (Fsp3) is 0.344. The van der Waals surface area contributed by atoms with Crippen LogP contribution in [-0.4, -0.2) is 65.1 Å². The summed E-state index contributed by atoms with van der Waals surface area (Å²) in [5.41, 5.74) is 10.2. The van der Waals surface area contributed by atoms with E-state index in [0.29, 0.717) is 0 Å². The minimum Gasteiger partial charge on any atom is -0.379 e. The normalized spacial score (nSPS) is 16.3. The summed E-state index contributed by atoms with van der Waals surface area (Å²) in [5.74, 6) is 0.130. The fourth-order valence-corrected chi connectivity index (χ4v) is 5.60. The van der Waals surface area contributed by atoms with Crippen molar-refractivity contribution in [3.8, 4) is 22.4 Å². The van der Waals surface area contributed by atoms with Gasteiger partial charge in [-0.3, -0.25) is 14.7 Å². The number of carbonyl (C=O) groups excluding carboxylic acids is 1. The highest BCUT2D eigenvalue weighted by molar-refractivity contribution is 5.97. The molecule has 1 amide bonds. The number of nitrogens with zero attached hydrogens (tertiary/aromatic N) is 4. The van der Waals surface area contributed by atoms with Crippen molar-refractivity contribution in [2.24, 2.45) is 0 Å². The van der Waals surface area contributed by atoms with E-state index in [0.717, 1.165) is 103 Å². The number of hydrogen-bond donors (Lipinski definition) is 0. The van der Waals surface area contributed by atoms with Crippen molar-refractivity contribution in [1.82, 2.24) is 19.8 Å². The van der Waals surface area contributed by atoms with Crippen LogP contribution in [0.15, 0.2) is 60.8 Å². The molecule has 2 aliphatic heterocycles. The van der Waals surface area contributed by atoms with E-state index in [1.807, 2.05) is 42.3 Å². The Labute approximate surface area is 224 Å². The number of fused-ring (bicyclic) bond motifs is 1. The molecule has 0 atom stereocenters. The molecule has 194 valence electrons. The second-order valence-corrected chi connectivity index (χ2v) is 10.5. The van der Waals surface area contributed by atoms with E-state index in [9.17, 15) is 4.79 Å². The van der Waals surface area contributed by atoms with Gasteiger partial charge in [-0.1, -0.05) is 36.4 Å². The Morgan fingerprint density at radius 1 is 0.895 bits per heavy atom. The highest BCUT2D eigenvalue weighted by Gasteiger charge is 2.21. The molecule has 6 nitrogen and oxygen atoms in total. The van der Waals surface area contributed by atoms with Gasteiger partial charge in [0.05, 0.1) is 36.1 Å². The van der Waals surface area contributed by atoms with Crippen LogP contribution < -0.4 is 0 Å². The van der Waals surface area contributed by atoms with Crippen molar-refractivity contribution >= 4 is 16.9 Å². The van der Waals surface area contributed by atoms with Crippen LogP contribution >= 0.6 is 0 Å². The molecule has 0 unspecified atom stereocenters. The van der Waals surface area contributed by atoms with Crippen LogP contribution in [0.1, 0.15) is 39.9 Å². The number of para-hydroxylation sites is 1. The summed E-state index contributed by atoms with van der Waals surface area (Å²) in [6, 6.07) is 18.9. The molecule has 2 fully saturated rings. The van der Waals surface area contributed by atoms with Gasteiger partial charge in [-0.15, -0.1) is 0 Å². The number of benzene rings is 3. The van der Waals surface area contributed by atoms with Gasteiger partial charge in [0.2, 0.25) is 0 Å². The molecule has 3 heterocycles. The highest BCUT2D eigenvalue weighted by atomic mass is 16.5. The van der Waals surface area contributed by atoms with Crippen LogP contribution in [0, 0.1) is 13.8 Å². The van der Waals surface area contributed by atoms with Crippen LogP contribution in [0.2, 0.25) is 0 Å². The summed E-state index contributed by atoms with van der Waals surface area (Å²) in [6.45, 7) is 10.4. The molecule has 2 saturated heterocycles. The Kier molecular flexibility index (Phi) is 6.92. The van der Waals surface area contributed by atoms with Crippen molar-refractivity contribution in [3.05, 3.63) is 83.0 Å². The Balaban J connectivity index is 1.31. The molecule has 1 aromatic heterocycles. The molecular formula is C32H34N4O2. The van der Waals surface area contributed by atoms with Gasteiger partial charge in [0.1, 0.15) is 0 Å². The predicted octanol–water partition coefficient (Wildman–Crippen LogP) is 5.65. The topological polar surface area (TPSA) is 58.6 Å². The van der Waals surface area contributed by atoms with Gasteiger partial charge in [-0.05, 0) is 67.1 Å². The van der Waals surface area contributed by atoms with E-state index in [4.69, 9.17) is 14.7 Å². The SMILES string of the molecule is Cc1cc(-c2cccc3ncc(-c4ccc(C(=O)N5CCCC5)c(C)c4)nc23)ccc1CN1CCOCC1. The van der Waals surface area contributed by atoms with Gasteiger partial charge in [0.15, 0.2) is 0 Å². The molecule has 0 radical (unpaired) electrons. The number of rotatable bonds is 5. The molecule has 4 aromatic rings. The third-order valence-electron chi connectivity index (χ3n) is 7.87. The predicted molar refractivity (Wildman–Crippen MR) is 151 cm³/mol. The van der Waals surface area contributed by atoms with Crippen molar-refractivity contribution in [2.75, 3.05) is 39.4 Å². The van der Waals surface area contributed by atoms with Crippen LogP contribution in [0.4, 0.5) is 0 Å². The van der Waals surface area contributed by atoms with Crippen LogP contribution in [-0.2, 0) is 11.3 Å². The van der Waals surface area contributed by atoms with Crippen LogP contribution in [0.5, 0.6) is 0 Å². The molecule has 0 bridgehead atoms. The standard InChI is InChI=1S/C32H34N4O2/c1-22-18-24(8-9-26(22)21-35-14-16-38-17-15-35)28-6-5-7-29-31(28)34-30(20-33-29)25-10-11-27(23(2)19-25)32(37)36-12-3-4-13-36/h5-11,18-20H,3-4,12-17,21H2,1-2H3. The summed E-state index contributed by atoms with van der Waals surface area (Å²) < 4.78 is 5.50. The van der Waals surface area contributed by atoms with Gasteiger partial charge in [0, 0.05) is 49.4 Å².